The number of thiophene rings is 2. The fourth-order valence-electron chi connectivity index (χ4n) is 3.93. The summed E-state index contributed by atoms with van der Waals surface area (Å²) in [6.45, 7) is 6.50. The lowest BCUT2D eigenvalue weighted by Gasteiger charge is -2.19. The highest BCUT2D eigenvalue weighted by Crippen LogP contribution is 2.35. The van der Waals surface area contributed by atoms with Gasteiger partial charge in [-0.2, -0.15) is 0 Å². The summed E-state index contributed by atoms with van der Waals surface area (Å²) in [5.74, 6) is 1.15. The molecule has 3 aromatic heterocycles. The molecular formula is C24H25N3O3S2. The molecule has 0 radical (unpaired) electrons. The molecule has 166 valence electrons. The number of methoxy groups -OCH3 is 1. The topological polar surface area (TPSA) is 75.3 Å². The van der Waals surface area contributed by atoms with Gasteiger partial charge in [0, 0.05) is 34.3 Å². The first-order valence-electron chi connectivity index (χ1n) is 10.2. The maximum atomic E-state index is 12.8. The van der Waals surface area contributed by atoms with Crippen molar-refractivity contribution in [3.8, 4) is 16.2 Å². The number of nitrogens with one attached hydrogen (secondary N) is 1. The molecule has 1 N–H and O–H groups in total. The Hall–Kier alpha value is -2.97. The van der Waals surface area contributed by atoms with E-state index in [9.17, 15) is 9.59 Å². The average molecular weight is 468 g/mol. The number of rotatable bonds is 6. The predicted octanol–water partition coefficient (Wildman–Crippen LogP) is 4.85. The number of hydrogen-bond donors (Lipinski definition) is 1. The highest BCUT2D eigenvalue weighted by Gasteiger charge is 2.17. The first kappa shape index (κ1) is 22.2. The highest BCUT2D eigenvalue weighted by atomic mass is 32.1. The van der Waals surface area contributed by atoms with Crippen LogP contribution in [0.4, 0.5) is 0 Å². The van der Waals surface area contributed by atoms with E-state index in [0.29, 0.717) is 22.6 Å². The second-order valence-corrected chi connectivity index (χ2v) is 10.1. The molecule has 32 heavy (non-hydrogen) atoms. The summed E-state index contributed by atoms with van der Waals surface area (Å²) in [6, 6.07) is 8.12. The third-order valence-electron chi connectivity index (χ3n) is 5.39. The maximum absolute atomic E-state index is 12.8. The molecular weight excluding hydrogens is 442 g/mol. The Balaban J connectivity index is 1.53. The van der Waals surface area contributed by atoms with Gasteiger partial charge >= 0.3 is 0 Å². The van der Waals surface area contributed by atoms with Crippen LogP contribution in [0.1, 0.15) is 27.4 Å². The van der Waals surface area contributed by atoms with Crippen LogP contribution in [0.2, 0.25) is 0 Å². The van der Waals surface area contributed by atoms with E-state index in [1.54, 1.807) is 30.4 Å². The number of aryl methyl sites for hydroxylation is 3. The molecule has 0 aliphatic carbocycles. The molecule has 3 heterocycles. The maximum Gasteiger partial charge on any atom is 0.260 e. The number of fused-ring (bicyclic) bond motifs is 1. The molecule has 0 saturated heterocycles. The summed E-state index contributed by atoms with van der Waals surface area (Å²) in [5.41, 5.74) is 3.80. The number of carbonyl (C=O) groups excluding carboxylic acids is 1. The van der Waals surface area contributed by atoms with Gasteiger partial charge in [-0.15, -0.1) is 22.7 Å². The van der Waals surface area contributed by atoms with Crippen LogP contribution < -0.4 is 10.3 Å². The molecule has 0 bridgehead atoms. The van der Waals surface area contributed by atoms with Gasteiger partial charge in [0.25, 0.3) is 5.56 Å². The van der Waals surface area contributed by atoms with E-state index in [-0.39, 0.29) is 17.9 Å². The van der Waals surface area contributed by atoms with Gasteiger partial charge in [0.15, 0.2) is 0 Å². The van der Waals surface area contributed by atoms with Crippen molar-refractivity contribution in [3.05, 3.63) is 67.4 Å². The zero-order chi connectivity index (χ0) is 23.0. The number of nitrogens with zero attached hydrogens (tertiary/aromatic N) is 2. The lowest BCUT2D eigenvalue weighted by atomic mass is 10.1. The van der Waals surface area contributed by atoms with Crippen molar-refractivity contribution in [3.63, 3.8) is 0 Å². The van der Waals surface area contributed by atoms with Gasteiger partial charge in [-0.05, 0) is 49.6 Å². The summed E-state index contributed by atoms with van der Waals surface area (Å²) < 4.78 is 5.42. The lowest BCUT2D eigenvalue weighted by molar-refractivity contribution is -0.129. The van der Waals surface area contributed by atoms with Gasteiger partial charge in [0.2, 0.25) is 5.91 Å². The number of aromatic nitrogens is 2. The van der Waals surface area contributed by atoms with Gasteiger partial charge < -0.3 is 14.6 Å². The molecule has 4 aromatic rings. The molecule has 6 nitrogen and oxygen atoms in total. The van der Waals surface area contributed by atoms with Gasteiger partial charge in [-0.1, -0.05) is 12.1 Å². The average Bonchev–Trinajstić information content (AvgIpc) is 3.34. The Kier molecular flexibility index (Phi) is 6.17. The third-order valence-corrected chi connectivity index (χ3v) is 7.29. The fourth-order valence-corrected chi connectivity index (χ4v) is 5.85. The van der Waals surface area contributed by atoms with Gasteiger partial charge in [-0.25, -0.2) is 4.98 Å². The first-order valence-corrected chi connectivity index (χ1v) is 11.9. The Labute approximate surface area is 194 Å². The number of ether oxygens (including phenoxy) is 1. The van der Waals surface area contributed by atoms with Crippen LogP contribution in [-0.4, -0.2) is 34.9 Å². The Morgan fingerprint density at radius 1 is 1.19 bits per heavy atom. The van der Waals surface area contributed by atoms with Crippen LogP contribution in [0, 0.1) is 20.8 Å². The van der Waals surface area contributed by atoms with Crippen molar-refractivity contribution in [2.45, 2.75) is 33.7 Å². The van der Waals surface area contributed by atoms with Crippen LogP contribution in [0.15, 0.2) is 34.4 Å². The van der Waals surface area contributed by atoms with Crippen LogP contribution in [-0.2, 0) is 17.8 Å². The molecule has 0 fully saturated rings. The van der Waals surface area contributed by atoms with E-state index < -0.39 is 0 Å². The summed E-state index contributed by atoms with van der Waals surface area (Å²) in [7, 11) is 3.42. The van der Waals surface area contributed by atoms with Crippen LogP contribution in [0.5, 0.6) is 5.75 Å². The van der Waals surface area contributed by atoms with Crippen LogP contribution in [0.3, 0.4) is 0 Å². The second-order valence-electron chi connectivity index (χ2n) is 7.94. The molecule has 0 spiro atoms. The standard InChI is InChI=1S/C24H25N3O3S2/c1-13-8-16(9-14(2)22(13)30-5)11-27(4)20(28)10-19-25-23(29)21-17(12-31-24(21)26-19)18-7-6-15(3)32-18/h6-9,12H,10-11H2,1-5H3,(H,25,26,29). The quantitative estimate of drug-likeness (QED) is 0.440. The summed E-state index contributed by atoms with van der Waals surface area (Å²) in [5, 5.41) is 2.55. The predicted molar refractivity (Wildman–Crippen MR) is 131 cm³/mol. The number of hydrogen-bond acceptors (Lipinski definition) is 6. The number of likely N-dealkylation sites (N-methyl/N-ethyl adjacent to an activating group) is 1. The zero-order valence-corrected chi connectivity index (χ0v) is 20.4. The summed E-state index contributed by atoms with van der Waals surface area (Å²) in [6.07, 6.45) is 0.0428. The smallest absolute Gasteiger partial charge is 0.260 e. The molecule has 1 aromatic carbocycles. The minimum atomic E-state index is -0.204. The first-order chi connectivity index (χ1) is 15.3. The second kappa shape index (κ2) is 8.88. The van der Waals surface area contributed by atoms with Crippen molar-refractivity contribution in [1.82, 2.24) is 14.9 Å². The van der Waals surface area contributed by atoms with Crippen molar-refractivity contribution < 1.29 is 9.53 Å². The minimum absolute atomic E-state index is 0.0428. The van der Waals surface area contributed by atoms with Crippen molar-refractivity contribution >= 4 is 38.8 Å². The molecule has 0 aliphatic heterocycles. The van der Waals surface area contributed by atoms with Crippen molar-refractivity contribution in [2.24, 2.45) is 0 Å². The monoisotopic (exact) mass is 467 g/mol. The normalized spacial score (nSPS) is 11.2. The van der Waals surface area contributed by atoms with E-state index in [4.69, 9.17) is 4.74 Å². The minimum Gasteiger partial charge on any atom is -0.496 e. The third kappa shape index (κ3) is 4.33. The molecule has 4 rings (SSSR count). The van der Waals surface area contributed by atoms with Gasteiger partial charge in [0.05, 0.1) is 18.9 Å². The van der Waals surface area contributed by atoms with Crippen LogP contribution in [0.25, 0.3) is 20.7 Å². The number of benzene rings is 1. The van der Waals surface area contributed by atoms with Crippen LogP contribution >= 0.6 is 22.7 Å². The van der Waals surface area contributed by atoms with E-state index >= 15 is 0 Å². The van der Waals surface area contributed by atoms with Crippen molar-refractivity contribution in [2.75, 3.05) is 14.2 Å². The Morgan fingerprint density at radius 3 is 2.53 bits per heavy atom. The Bertz CT molecular complexity index is 1340. The highest BCUT2D eigenvalue weighted by molar-refractivity contribution is 7.19. The summed E-state index contributed by atoms with van der Waals surface area (Å²) in [4.78, 5) is 37.6. The van der Waals surface area contributed by atoms with E-state index in [2.05, 4.69) is 9.97 Å². The van der Waals surface area contributed by atoms with Gasteiger partial charge in [-0.3, -0.25) is 9.59 Å². The van der Waals surface area contributed by atoms with Crippen molar-refractivity contribution in [1.29, 1.82) is 0 Å². The molecule has 0 aliphatic rings. The SMILES string of the molecule is COc1c(C)cc(CN(C)C(=O)Cc2nc3scc(-c4ccc(C)s4)c3c(=O)[nH]2)cc1C. The lowest BCUT2D eigenvalue weighted by Crippen LogP contribution is -2.29. The number of carbonyl (C=O) groups is 1. The Morgan fingerprint density at radius 2 is 1.91 bits per heavy atom. The molecule has 1 amide bonds. The number of aromatic amines is 1. The van der Waals surface area contributed by atoms with Gasteiger partial charge in [0.1, 0.15) is 16.4 Å². The number of amides is 1. The molecule has 0 atom stereocenters. The molecule has 0 unspecified atom stereocenters. The zero-order valence-electron chi connectivity index (χ0n) is 18.7. The van der Waals surface area contributed by atoms with E-state index in [1.165, 1.54) is 16.2 Å². The summed E-state index contributed by atoms with van der Waals surface area (Å²) >= 11 is 3.08. The molecule has 0 saturated carbocycles. The fraction of sp³-hybridized carbons (Fsp3) is 0.292. The van der Waals surface area contributed by atoms with E-state index in [1.807, 2.05) is 50.4 Å². The van der Waals surface area contributed by atoms with E-state index in [0.717, 1.165) is 32.9 Å². The largest absolute Gasteiger partial charge is 0.496 e. The molecule has 8 heteroatoms. The number of H-pyrrole nitrogens is 1.